The summed E-state index contributed by atoms with van der Waals surface area (Å²) in [4.78, 5) is 35.2. The van der Waals surface area contributed by atoms with Crippen molar-refractivity contribution in [1.29, 1.82) is 0 Å². The Labute approximate surface area is 194 Å². The molecule has 0 saturated heterocycles. The smallest absolute Gasteiger partial charge is 0.420 e. The van der Waals surface area contributed by atoms with Crippen molar-refractivity contribution in [3.63, 3.8) is 0 Å². The highest BCUT2D eigenvalue weighted by Gasteiger charge is 2.58. The number of carboxylic acid groups (broad SMARTS) is 1. The number of fused-ring (bicyclic) bond motifs is 3. The highest BCUT2D eigenvalue weighted by Crippen LogP contribution is 2.44. The lowest BCUT2D eigenvalue weighted by molar-refractivity contribution is -0.194. The molecule has 2 aromatic rings. The maximum Gasteiger partial charge on any atom is 0.420 e. The molecule has 1 aliphatic rings. The van der Waals surface area contributed by atoms with Gasteiger partial charge in [-0.15, -0.1) is 0 Å². The molecule has 3 N–H and O–H groups in total. The molecule has 1 atom stereocenters. The Hall–Kier alpha value is -3.56. The van der Waals surface area contributed by atoms with Crippen molar-refractivity contribution in [1.82, 2.24) is 10.6 Å². The average Bonchev–Trinajstić information content (AvgIpc) is 3.10. The van der Waals surface area contributed by atoms with E-state index in [1.807, 2.05) is 48.5 Å². The predicted molar refractivity (Wildman–Crippen MR) is 117 cm³/mol. The van der Waals surface area contributed by atoms with E-state index in [0.717, 1.165) is 22.3 Å². The fourth-order valence-electron chi connectivity index (χ4n) is 3.87. The van der Waals surface area contributed by atoms with Gasteiger partial charge in [-0.25, -0.2) is 4.79 Å². The Balaban J connectivity index is 1.64. The van der Waals surface area contributed by atoms with Crippen LogP contribution in [0, 0.1) is 0 Å². The van der Waals surface area contributed by atoms with E-state index in [2.05, 4.69) is 5.32 Å². The van der Waals surface area contributed by atoms with Gasteiger partial charge in [0.15, 0.2) is 0 Å². The first kappa shape index (κ1) is 25.1. The van der Waals surface area contributed by atoms with E-state index >= 15 is 0 Å². The van der Waals surface area contributed by atoms with Gasteiger partial charge >= 0.3 is 18.2 Å². The zero-order chi connectivity index (χ0) is 24.9. The number of benzene rings is 2. The summed E-state index contributed by atoms with van der Waals surface area (Å²) >= 11 is 0. The molecule has 1 unspecified atom stereocenters. The number of hydrogen-bond donors (Lipinski definition) is 3. The molecule has 0 bridgehead atoms. The molecule has 0 fully saturated rings. The molecule has 0 aromatic heterocycles. The van der Waals surface area contributed by atoms with E-state index in [1.54, 1.807) is 5.32 Å². The number of carbonyl (C=O) groups is 3. The highest BCUT2D eigenvalue weighted by atomic mass is 19.4. The molecule has 2 amide bonds. The van der Waals surface area contributed by atoms with Gasteiger partial charge < -0.3 is 15.2 Å². The Bertz CT molecular complexity index is 1030. The Morgan fingerprint density at radius 2 is 1.53 bits per heavy atom. The van der Waals surface area contributed by atoms with Crippen molar-refractivity contribution < 1.29 is 37.4 Å². The van der Waals surface area contributed by atoms with Crippen molar-refractivity contribution in [2.24, 2.45) is 0 Å². The summed E-state index contributed by atoms with van der Waals surface area (Å²) in [5.74, 6) is -2.84. The summed E-state index contributed by atoms with van der Waals surface area (Å²) in [6.07, 6.45) is -6.26. The zero-order valence-electron chi connectivity index (χ0n) is 18.4. The number of hydrogen-bond acceptors (Lipinski definition) is 4. The van der Waals surface area contributed by atoms with Crippen LogP contribution in [0.15, 0.2) is 48.5 Å². The summed E-state index contributed by atoms with van der Waals surface area (Å²) in [7, 11) is 0. The van der Waals surface area contributed by atoms with Gasteiger partial charge in [-0.1, -0.05) is 48.5 Å². The average molecular weight is 478 g/mol. The topological polar surface area (TPSA) is 105 Å². The van der Waals surface area contributed by atoms with Crippen LogP contribution in [0.1, 0.15) is 43.2 Å². The van der Waals surface area contributed by atoms with Gasteiger partial charge in [0.05, 0.1) is 0 Å². The standard InChI is InChI=1S/C24H25F3N2O5/c1-23(24(25,26)27,21(32)28-13-7-6-12-20(30)31)29-22(33)34-14-19-17-10-4-2-8-15(17)16-9-3-5-11-18(16)19/h2-5,8-11,19H,6-7,12-14H2,1H3,(H,28,32)(H,29,33)(H,30,31). The number of rotatable bonds is 9. The molecule has 2 aromatic carbocycles. The molecule has 182 valence electrons. The van der Waals surface area contributed by atoms with Crippen LogP contribution in [0.4, 0.5) is 18.0 Å². The van der Waals surface area contributed by atoms with E-state index in [-0.39, 0.29) is 38.3 Å². The van der Waals surface area contributed by atoms with Gasteiger partial charge in [0.25, 0.3) is 5.91 Å². The van der Waals surface area contributed by atoms with E-state index in [1.165, 1.54) is 0 Å². The van der Waals surface area contributed by atoms with E-state index < -0.39 is 29.7 Å². The number of halogens is 3. The summed E-state index contributed by atoms with van der Waals surface area (Å²) in [5, 5.41) is 12.4. The normalized spacial score (nSPS) is 14.5. The molecule has 0 saturated carbocycles. The van der Waals surface area contributed by atoms with Crippen molar-refractivity contribution in [2.75, 3.05) is 13.2 Å². The van der Waals surface area contributed by atoms with Gasteiger partial charge in [-0.05, 0) is 42.0 Å². The second-order valence-electron chi connectivity index (χ2n) is 8.18. The second kappa shape index (κ2) is 10.1. The summed E-state index contributed by atoms with van der Waals surface area (Å²) in [5.41, 5.74) is 0.509. The number of alkyl carbamates (subject to hydrolysis) is 1. The lowest BCUT2D eigenvalue weighted by Gasteiger charge is -2.31. The number of alkyl halides is 3. The van der Waals surface area contributed by atoms with Crippen LogP contribution in [-0.4, -0.2) is 47.9 Å². The quantitative estimate of drug-likeness (QED) is 0.468. The van der Waals surface area contributed by atoms with Crippen LogP contribution >= 0.6 is 0 Å². The molecule has 7 nitrogen and oxygen atoms in total. The number of unbranched alkanes of at least 4 members (excludes halogenated alkanes) is 1. The largest absolute Gasteiger partial charge is 0.481 e. The highest BCUT2D eigenvalue weighted by molar-refractivity contribution is 5.90. The van der Waals surface area contributed by atoms with Crippen LogP contribution in [0.5, 0.6) is 0 Å². The summed E-state index contributed by atoms with van der Waals surface area (Å²) < 4.78 is 46.3. The van der Waals surface area contributed by atoms with Gasteiger partial charge in [0, 0.05) is 18.9 Å². The second-order valence-corrected chi connectivity index (χ2v) is 8.18. The van der Waals surface area contributed by atoms with Crippen LogP contribution in [0.3, 0.4) is 0 Å². The number of amides is 2. The van der Waals surface area contributed by atoms with Crippen LogP contribution in [-0.2, 0) is 14.3 Å². The maximum absolute atomic E-state index is 13.7. The van der Waals surface area contributed by atoms with Crippen molar-refractivity contribution in [2.45, 2.75) is 43.8 Å². The Morgan fingerprint density at radius 1 is 0.971 bits per heavy atom. The van der Waals surface area contributed by atoms with E-state index in [9.17, 15) is 27.6 Å². The minimum absolute atomic E-state index is 0.162. The first-order valence-electron chi connectivity index (χ1n) is 10.7. The molecule has 34 heavy (non-hydrogen) atoms. The molecular weight excluding hydrogens is 453 g/mol. The third-order valence-electron chi connectivity index (χ3n) is 5.82. The minimum atomic E-state index is -5.09. The molecule has 1 aliphatic carbocycles. The van der Waals surface area contributed by atoms with Gasteiger partial charge in [-0.3, -0.25) is 14.9 Å². The lowest BCUT2D eigenvalue weighted by atomic mass is 9.98. The number of nitrogens with one attached hydrogen (secondary N) is 2. The number of carbonyl (C=O) groups excluding carboxylic acids is 2. The molecule has 0 radical (unpaired) electrons. The summed E-state index contributed by atoms with van der Waals surface area (Å²) in [6.45, 7) is 0.190. The number of ether oxygens (including phenoxy) is 1. The van der Waals surface area contributed by atoms with Crippen molar-refractivity contribution in [3.05, 3.63) is 59.7 Å². The molecule has 0 heterocycles. The van der Waals surface area contributed by atoms with Gasteiger partial charge in [0.1, 0.15) is 6.61 Å². The third-order valence-corrected chi connectivity index (χ3v) is 5.82. The molecule has 0 spiro atoms. The fourth-order valence-corrected chi connectivity index (χ4v) is 3.87. The maximum atomic E-state index is 13.7. The van der Waals surface area contributed by atoms with Gasteiger partial charge in [0.2, 0.25) is 5.54 Å². The zero-order valence-corrected chi connectivity index (χ0v) is 18.4. The summed E-state index contributed by atoms with van der Waals surface area (Å²) in [6, 6.07) is 15.0. The predicted octanol–water partition coefficient (Wildman–Crippen LogP) is 4.22. The minimum Gasteiger partial charge on any atom is -0.481 e. The van der Waals surface area contributed by atoms with E-state index in [0.29, 0.717) is 6.92 Å². The van der Waals surface area contributed by atoms with Crippen molar-refractivity contribution in [3.8, 4) is 11.1 Å². The third kappa shape index (κ3) is 5.32. The van der Waals surface area contributed by atoms with Crippen molar-refractivity contribution >= 4 is 18.0 Å². The number of carboxylic acids is 1. The molecule has 3 rings (SSSR count). The van der Waals surface area contributed by atoms with Crippen LogP contribution < -0.4 is 10.6 Å². The van der Waals surface area contributed by atoms with Crippen LogP contribution in [0.25, 0.3) is 11.1 Å². The first-order valence-corrected chi connectivity index (χ1v) is 10.7. The molecule has 10 heteroatoms. The van der Waals surface area contributed by atoms with Crippen LogP contribution in [0.2, 0.25) is 0 Å². The van der Waals surface area contributed by atoms with E-state index in [4.69, 9.17) is 9.84 Å². The SMILES string of the molecule is CC(NC(=O)OCC1c2ccccc2-c2ccccc21)(C(=O)NCCCCC(=O)O)C(F)(F)F. The Morgan fingerprint density at radius 3 is 2.06 bits per heavy atom. The monoisotopic (exact) mass is 478 g/mol. The molecule has 0 aliphatic heterocycles. The fraction of sp³-hybridized carbons (Fsp3) is 0.375. The first-order chi connectivity index (χ1) is 16.0. The molecular formula is C24H25F3N2O5. The van der Waals surface area contributed by atoms with Gasteiger partial charge in [-0.2, -0.15) is 13.2 Å². The number of aliphatic carboxylic acids is 1. The lowest BCUT2D eigenvalue weighted by Crippen LogP contribution is -2.65. The Kier molecular flexibility index (Phi) is 7.48.